The van der Waals surface area contributed by atoms with Gasteiger partial charge in [0.25, 0.3) is 0 Å². The molecular formula is C19H20Br2FNO. The molecule has 0 spiro atoms. The number of ether oxygens (including phenoxy) is 1. The zero-order chi connectivity index (χ0) is 17.1. The second kappa shape index (κ2) is 8.09. The van der Waals surface area contributed by atoms with Crippen LogP contribution in [0.2, 0.25) is 0 Å². The number of piperidine rings is 1. The molecule has 3 rings (SSSR count). The van der Waals surface area contributed by atoms with Gasteiger partial charge in [-0.3, -0.25) is 0 Å². The zero-order valence-corrected chi connectivity index (χ0v) is 16.7. The minimum absolute atomic E-state index is 0.120. The molecule has 1 fully saturated rings. The molecule has 1 saturated heterocycles. The van der Waals surface area contributed by atoms with E-state index in [-0.39, 0.29) is 17.8 Å². The highest BCUT2D eigenvalue weighted by atomic mass is 79.9. The molecule has 1 aliphatic rings. The van der Waals surface area contributed by atoms with E-state index in [1.54, 1.807) is 12.1 Å². The molecule has 1 N–H and O–H groups in total. The minimum atomic E-state index is -0.186. The second-order valence-corrected chi connectivity index (χ2v) is 7.86. The first-order valence-electron chi connectivity index (χ1n) is 8.07. The lowest BCUT2D eigenvalue weighted by molar-refractivity contribution is 0.00628. The van der Waals surface area contributed by atoms with Crippen molar-refractivity contribution in [3.05, 3.63) is 67.9 Å². The molecule has 0 amide bonds. The normalized spacial score (nSPS) is 21.0. The number of benzene rings is 2. The molecule has 1 aliphatic heterocycles. The van der Waals surface area contributed by atoms with Gasteiger partial charge in [0.2, 0.25) is 0 Å². The Hall–Kier alpha value is -0.750. The Kier molecular flexibility index (Phi) is 6.08. The SMILES string of the molecule is Cc1cc(F)ccc1C1CNCCC1OCc1c(Br)cccc1Br. The summed E-state index contributed by atoms with van der Waals surface area (Å²) in [6.45, 7) is 4.31. The predicted octanol–water partition coefficient (Wildman–Crippen LogP) is 5.32. The van der Waals surface area contributed by atoms with E-state index < -0.39 is 0 Å². The molecule has 0 saturated carbocycles. The maximum Gasteiger partial charge on any atom is 0.123 e. The van der Waals surface area contributed by atoms with Gasteiger partial charge in [-0.1, -0.05) is 44.0 Å². The van der Waals surface area contributed by atoms with E-state index in [0.717, 1.165) is 39.6 Å². The average Bonchev–Trinajstić information content (AvgIpc) is 2.55. The highest BCUT2D eigenvalue weighted by molar-refractivity contribution is 9.11. The number of hydrogen-bond acceptors (Lipinski definition) is 2. The monoisotopic (exact) mass is 455 g/mol. The largest absolute Gasteiger partial charge is 0.373 e. The standard InChI is InChI=1S/C19H20Br2FNO/c1-12-9-13(22)5-6-14(12)15-10-23-8-7-19(15)24-11-16-17(20)3-2-4-18(16)21/h2-6,9,15,19,23H,7-8,10-11H2,1H3. The fourth-order valence-corrected chi connectivity index (χ4v) is 4.49. The Bertz CT molecular complexity index is 702. The van der Waals surface area contributed by atoms with Crippen molar-refractivity contribution in [2.45, 2.75) is 32.0 Å². The summed E-state index contributed by atoms with van der Waals surface area (Å²) in [5, 5.41) is 3.43. The van der Waals surface area contributed by atoms with Crippen LogP contribution in [-0.4, -0.2) is 19.2 Å². The van der Waals surface area contributed by atoms with E-state index in [1.807, 2.05) is 31.2 Å². The molecule has 2 nitrogen and oxygen atoms in total. The number of halogens is 3. The van der Waals surface area contributed by atoms with Gasteiger partial charge in [0.15, 0.2) is 0 Å². The van der Waals surface area contributed by atoms with Crippen molar-refractivity contribution in [3.63, 3.8) is 0 Å². The molecule has 5 heteroatoms. The van der Waals surface area contributed by atoms with Gasteiger partial charge >= 0.3 is 0 Å². The maximum absolute atomic E-state index is 13.4. The van der Waals surface area contributed by atoms with Crippen molar-refractivity contribution in [3.8, 4) is 0 Å². The van der Waals surface area contributed by atoms with Crippen LogP contribution in [0.3, 0.4) is 0 Å². The summed E-state index contributed by atoms with van der Waals surface area (Å²) in [6.07, 6.45) is 1.07. The molecule has 2 unspecified atom stereocenters. The summed E-state index contributed by atoms with van der Waals surface area (Å²) in [5.41, 5.74) is 3.27. The highest BCUT2D eigenvalue weighted by Crippen LogP contribution is 2.32. The topological polar surface area (TPSA) is 21.3 Å². The van der Waals surface area contributed by atoms with Gasteiger partial charge in [-0.25, -0.2) is 4.39 Å². The van der Waals surface area contributed by atoms with Crippen LogP contribution < -0.4 is 5.32 Å². The summed E-state index contributed by atoms with van der Waals surface area (Å²) in [6, 6.07) is 11.1. The second-order valence-electron chi connectivity index (χ2n) is 6.15. The van der Waals surface area contributed by atoms with E-state index in [9.17, 15) is 4.39 Å². The summed E-state index contributed by atoms with van der Waals surface area (Å²) in [7, 11) is 0. The molecule has 2 atom stereocenters. The van der Waals surface area contributed by atoms with Crippen LogP contribution in [0.5, 0.6) is 0 Å². The van der Waals surface area contributed by atoms with E-state index in [1.165, 1.54) is 5.56 Å². The van der Waals surface area contributed by atoms with Gasteiger partial charge in [-0.05, 0) is 55.3 Å². The Morgan fingerprint density at radius 1 is 1.21 bits per heavy atom. The lowest BCUT2D eigenvalue weighted by Crippen LogP contribution is -2.40. The van der Waals surface area contributed by atoms with Crippen LogP contribution in [-0.2, 0) is 11.3 Å². The van der Waals surface area contributed by atoms with E-state index in [4.69, 9.17) is 4.74 Å². The van der Waals surface area contributed by atoms with Crippen molar-refractivity contribution >= 4 is 31.9 Å². The van der Waals surface area contributed by atoms with Crippen LogP contribution in [0.4, 0.5) is 4.39 Å². The van der Waals surface area contributed by atoms with Crippen molar-refractivity contribution in [1.82, 2.24) is 5.32 Å². The van der Waals surface area contributed by atoms with Gasteiger partial charge in [-0.15, -0.1) is 0 Å². The summed E-state index contributed by atoms with van der Waals surface area (Å²) < 4.78 is 21.8. The summed E-state index contributed by atoms with van der Waals surface area (Å²) in [4.78, 5) is 0. The Morgan fingerprint density at radius 2 is 1.96 bits per heavy atom. The first-order valence-corrected chi connectivity index (χ1v) is 9.66. The molecule has 0 aromatic heterocycles. The average molecular weight is 457 g/mol. The molecule has 2 aromatic carbocycles. The summed E-state index contributed by atoms with van der Waals surface area (Å²) >= 11 is 7.18. The van der Waals surface area contributed by atoms with Crippen molar-refractivity contribution < 1.29 is 9.13 Å². The summed E-state index contributed by atoms with van der Waals surface area (Å²) in [5.74, 6) is 0.0512. The fraction of sp³-hybridized carbons (Fsp3) is 0.368. The van der Waals surface area contributed by atoms with Crippen LogP contribution in [0.1, 0.15) is 29.0 Å². The van der Waals surface area contributed by atoms with E-state index >= 15 is 0 Å². The number of rotatable bonds is 4. The molecule has 128 valence electrons. The number of hydrogen-bond donors (Lipinski definition) is 1. The van der Waals surface area contributed by atoms with Gasteiger partial charge in [0.05, 0.1) is 12.7 Å². The lowest BCUT2D eigenvalue weighted by atomic mass is 9.86. The number of nitrogens with one attached hydrogen (secondary N) is 1. The van der Waals surface area contributed by atoms with E-state index in [0.29, 0.717) is 6.61 Å². The van der Waals surface area contributed by atoms with Crippen LogP contribution in [0, 0.1) is 12.7 Å². The quantitative estimate of drug-likeness (QED) is 0.671. The van der Waals surface area contributed by atoms with E-state index in [2.05, 4.69) is 37.2 Å². The molecular weight excluding hydrogens is 437 g/mol. The van der Waals surface area contributed by atoms with Gasteiger partial charge in [0.1, 0.15) is 5.82 Å². The molecule has 0 radical (unpaired) electrons. The maximum atomic E-state index is 13.4. The van der Waals surface area contributed by atoms with Crippen molar-refractivity contribution in [2.75, 3.05) is 13.1 Å². The van der Waals surface area contributed by atoms with Gasteiger partial charge < -0.3 is 10.1 Å². The molecule has 2 aromatic rings. The highest BCUT2D eigenvalue weighted by Gasteiger charge is 2.28. The third-order valence-electron chi connectivity index (χ3n) is 4.55. The minimum Gasteiger partial charge on any atom is -0.373 e. The third kappa shape index (κ3) is 4.07. The van der Waals surface area contributed by atoms with Crippen molar-refractivity contribution in [1.29, 1.82) is 0 Å². The van der Waals surface area contributed by atoms with Crippen LogP contribution in [0.25, 0.3) is 0 Å². The first kappa shape index (κ1) is 18.1. The zero-order valence-electron chi connectivity index (χ0n) is 13.5. The molecule has 0 aliphatic carbocycles. The van der Waals surface area contributed by atoms with Gasteiger partial charge in [0, 0.05) is 27.0 Å². The molecule has 24 heavy (non-hydrogen) atoms. The Labute approximate surface area is 159 Å². The Balaban J connectivity index is 1.77. The number of aryl methyl sites for hydroxylation is 1. The predicted molar refractivity (Wildman–Crippen MR) is 102 cm³/mol. The fourth-order valence-electron chi connectivity index (χ4n) is 3.26. The van der Waals surface area contributed by atoms with Crippen molar-refractivity contribution in [2.24, 2.45) is 0 Å². The lowest BCUT2D eigenvalue weighted by Gasteiger charge is -2.33. The Morgan fingerprint density at radius 3 is 2.67 bits per heavy atom. The molecule has 1 heterocycles. The first-order chi connectivity index (χ1) is 11.6. The van der Waals surface area contributed by atoms with Crippen LogP contribution >= 0.6 is 31.9 Å². The smallest absolute Gasteiger partial charge is 0.123 e. The molecule has 0 bridgehead atoms. The van der Waals surface area contributed by atoms with Gasteiger partial charge in [-0.2, -0.15) is 0 Å². The van der Waals surface area contributed by atoms with Crippen LogP contribution in [0.15, 0.2) is 45.3 Å². The third-order valence-corrected chi connectivity index (χ3v) is 6.04.